The molecule has 0 spiro atoms. The summed E-state index contributed by atoms with van der Waals surface area (Å²) < 4.78 is 0. The van der Waals surface area contributed by atoms with Gasteiger partial charge in [-0.15, -0.1) is 0 Å². The first kappa shape index (κ1) is 11.2. The van der Waals surface area contributed by atoms with E-state index in [0.717, 1.165) is 42.3 Å². The molecule has 0 aliphatic heterocycles. The van der Waals surface area contributed by atoms with E-state index < -0.39 is 5.54 Å². The Balaban J connectivity index is 1.81. The Morgan fingerprint density at radius 1 is 1.39 bits per heavy atom. The van der Waals surface area contributed by atoms with Crippen LogP contribution in [0.25, 0.3) is 10.9 Å². The van der Waals surface area contributed by atoms with E-state index in [0.29, 0.717) is 0 Å². The third kappa shape index (κ3) is 1.86. The summed E-state index contributed by atoms with van der Waals surface area (Å²) >= 11 is 0. The highest BCUT2D eigenvalue weighted by atomic mass is 16.2. The van der Waals surface area contributed by atoms with E-state index in [2.05, 4.69) is 15.5 Å². The first-order valence-corrected chi connectivity index (χ1v) is 6.21. The van der Waals surface area contributed by atoms with Crippen molar-refractivity contribution >= 4 is 22.5 Å². The molecular weight excluding hydrogens is 228 g/mol. The fourth-order valence-corrected chi connectivity index (χ4v) is 2.50. The van der Waals surface area contributed by atoms with Crippen LogP contribution < -0.4 is 11.1 Å². The third-order valence-electron chi connectivity index (χ3n) is 3.65. The predicted molar refractivity (Wildman–Crippen MR) is 70.1 cm³/mol. The second-order valence-corrected chi connectivity index (χ2v) is 4.99. The fraction of sp³-hybridized carbons (Fsp3) is 0.385. The van der Waals surface area contributed by atoms with Crippen molar-refractivity contribution in [2.24, 2.45) is 5.73 Å². The molecule has 0 radical (unpaired) electrons. The molecule has 1 aliphatic carbocycles. The van der Waals surface area contributed by atoms with Gasteiger partial charge in [0.1, 0.15) is 0 Å². The number of rotatable bonds is 2. The van der Waals surface area contributed by atoms with Crippen molar-refractivity contribution in [1.29, 1.82) is 0 Å². The van der Waals surface area contributed by atoms with Gasteiger partial charge >= 0.3 is 0 Å². The Kier molecular flexibility index (Phi) is 2.56. The van der Waals surface area contributed by atoms with Crippen LogP contribution in [0.5, 0.6) is 0 Å². The van der Waals surface area contributed by atoms with Crippen LogP contribution in [0.1, 0.15) is 25.7 Å². The van der Waals surface area contributed by atoms with E-state index in [-0.39, 0.29) is 5.91 Å². The van der Waals surface area contributed by atoms with Crippen LogP contribution in [0.4, 0.5) is 5.69 Å². The van der Waals surface area contributed by atoms with Gasteiger partial charge in [0.25, 0.3) is 0 Å². The number of amides is 1. The van der Waals surface area contributed by atoms with Gasteiger partial charge < -0.3 is 11.1 Å². The van der Waals surface area contributed by atoms with Gasteiger partial charge in [0, 0.05) is 11.1 Å². The standard InChI is InChI=1S/C13H16N4O/c14-13(5-1-2-6-13)12(18)16-10-4-3-9-8-15-17-11(9)7-10/h3-4,7-8H,1-2,5-6,14H2,(H,15,17)(H,16,18). The molecule has 1 fully saturated rings. The lowest BCUT2D eigenvalue weighted by Gasteiger charge is -2.22. The first-order valence-electron chi connectivity index (χ1n) is 6.21. The van der Waals surface area contributed by atoms with Gasteiger partial charge in [0.15, 0.2) is 0 Å². The highest BCUT2D eigenvalue weighted by molar-refractivity contribution is 5.99. The summed E-state index contributed by atoms with van der Waals surface area (Å²) in [5.74, 6) is -0.0844. The second kappa shape index (κ2) is 4.10. The van der Waals surface area contributed by atoms with Crippen LogP contribution in [-0.4, -0.2) is 21.6 Å². The molecule has 5 heteroatoms. The number of benzene rings is 1. The molecule has 0 bridgehead atoms. The van der Waals surface area contributed by atoms with Gasteiger partial charge in [0.2, 0.25) is 5.91 Å². The lowest BCUT2D eigenvalue weighted by atomic mass is 9.98. The molecule has 1 aromatic carbocycles. The number of nitrogens with zero attached hydrogens (tertiary/aromatic N) is 1. The Morgan fingerprint density at radius 3 is 2.94 bits per heavy atom. The first-order chi connectivity index (χ1) is 8.67. The molecule has 1 aliphatic rings. The maximum atomic E-state index is 12.1. The van der Waals surface area contributed by atoms with E-state index in [9.17, 15) is 4.79 Å². The summed E-state index contributed by atoms with van der Waals surface area (Å²) in [5.41, 5.74) is 7.08. The number of H-pyrrole nitrogens is 1. The van der Waals surface area contributed by atoms with Crippen molar-refractivity contribution in [3.05, 3.63) is 24.4 Å². The molecule has 18 heavy (non-hydrogen) atoms. The van der Waals surface area contributed by atoms with Crippen molar-refractivity contribution in [2.45, 2.75) is 31.2 Å². The predicted octanol–water partition coefficient (Wildman–Crippen LogP) is 1.77. The Bertz CT molecular complexity index is 583. The van der Waals surface area contributed by atoms with Crippen LogP contribution in [0.3, 0.4) is 0 Å². The van der Waals surface area contributed by atoms with Crippen LogP contribution in [0.2, 0.25) is 0 Å². The zero-order valence-corrected chi connectivity index (χ0v) is 10.1. The summed E-state index contributed by atoms with van der Waals surface area (Å²) in [5, 5.41) is 10.7. The highest BCUT2D eigenvalue weighted by Crippen LogP contribution is 2.28. The van der Waals surface area contributed by atoms with Crippen molar-refractivity contribution < 1.29 is 4.79 Å². The number of anilines is 1. The molecule has 5 nitrogen and oxygen atoms in total. The molecule has 0 saturated heterocycles. The molecule has 1 aromatic heterocycles. The van der Waals surface area contributed by atoms with Crippen molar-refractivity contribution in [1.82, 2.24) is 10.2 Å². The number of hydrogen-bond donors (Lipinski definition) is 3. The minimum absolute atomic E-state index is 0.0844. The number of hydrogen-bond acceptors (Lipinski definition) is 3. The molecule has 94 valence electrons. The molecule has 1 amide bonds. The third-order valence-corrected chi connectivity index (χ3v) is 3.65. The minimum Gasteiger partial charge on any atom is -0.324 e. The second-order valence-electron chi connectivity index (χ2n) is 4.99. The van der Waals surface area contributed by atoms with Gasteiger partial charge in [-0.2, -0.15) is 5.10 Å². The molecular formula is C13H16N4O. The molecule has 1 heterocycles. The van der Waals surface area contributed by atoms with E-state index in [4.69, 9.17) is 5.73 Å². The van der Waals surface area contributed by atoms with Crippen LogP contribution in [0.15, 0.2) is 24.4 Å². The molecule has 3 rings (SSSR count). The van der Waals surface area contributed by atoms with E-state index >= 15 is 0 Å². The quantitative estimate of drug-likeness (QED) is 0.752. The monoisotopic (exact) mass is 244 g/mol. The number of fused-ring (bicyclic) bond motifs is 1. The van der Waals surface area contributed by atoms with Gasteiger partial charge in [-0.1, -0.05) is 12.8 Å². The number of nitrogens with two attached hydrogens (primary N) is 1. The van der Waals surface area contributed by atoms with E-state index in [1.165, 1.54) is 0 Å². The van der Waals surface area contributed by atoms with Crippen molar-refractivity contribution in [3.63, 3.8) is 0 Å². The van der Waals surface area contributed by atoms with Gasteiger partial charge in [0.05, 0.1) is 17.3 Å². The Labute approximate surface area is 105 Å². The Morgan fingerprint density at radius 2 is 2.17 bits per heavy atom. The molecule has 1 saturated carbocycles. The SMILES string of the molecule is NC1(C(=O)Nc2ccc3cn[nH]c3c2)CCCC1. The summed E-state index contributed by atoms with van der Waals surface area (Å²) in [6, 6.07) is 5.67. The minimum atomic E-state index is -0.692. The van der Waals surface area contributed by atoms with Gasteiger partial charge in [-0.05, 0) is 31.0 Å². The zero-order valence-electron chi connectivity index (χ0n) is 10.1. The van der Waals surface area contributed by atoms with Crippen LogP contribution >= 0.6 is 0 Å². The number of aromatic amines is 1. The van der Waals surface area contributed by atoms with E-state index in [1.807, 2.05) is 18.2 Å². The smallest absolute Gasteiger partial charge is 0.244 e. The van der Waals surface area contributed by atoms with E-state index in [1.54, 1.807) is 6.20 Å². The van der Waals surface area contributed by atoms with Crippen molar-refractivity contribution in [3.8, 4) is 0 Å². The summed E-state index contributed by atoms with van der Waals surface area (Å²) in [7, 11) is 0. The normalized spacial score (nSPS) is 18.1. The van der Waals surface area contributed by atoms with Crippen molar-refractivity contribution in [2.75, 3.05) is 5.32 Å². The molecule has 4 N–H and O–H groups in total. The topological polar surface area (TPSA) is 83.8 Å². The number of carbonyl (C=O) groups is 1. The van der Waals surface area contributed by atoms with Gasteiger partial charge in [-0.3, -0.25) is 9.89 Å². The van der Waals surface area contributed by atoms with Crippen LogP contribution in [-0.2, 0) is 4.79 Å². The maximum absolute atomic E-state index is 12.1. The number of aromatic nitrogens is 2. The zero-order chi connectivity index (χ0) is 12.6. The lowest BCUT2D eigenvalue weighted by Crippen LogP contribution is -2.48. The summed E-state index contributed by atoms with van der Waals surface area (Å²) in [4.78, 5) is 12.1. The number of carbonyl (C=O) groups excluding carboxylic acids is 1. The molecule has 2 aromatic rings. The van der Waals surface area contributed by atoms with Gasteiger partial charge in [-0.25, -0.2) is 0 Å². The molecule has 0 unspecified atom stereocenters. The average Bonchev–Trinajstić information content (AvgIpc) is 2.98. The lowest BCUT2D eigenvalue weighted by molar-refractivity contribution is -0.120. The summed E-state index contributed by atoms with van der Waals surface area (Å²) in [6.45, 7) is 0. The Hall–Kier alpha value is -1.88. The fourth-order valence-electron chi connectivity index (χ4n) is 2.50. The number of nitrogens with one attached hydrogen (secondary N) is 2. The highest BCUT2D eigenvalue weighted by Gasteiger charge is 2.36. The maximum Gasteiger partial charge on any atom is 0.244 e. The van der Waals surface area contributed by atoms with Crippen LogP contribution in [0, 0.1) is 0 Å². The summed E-state index contributed by atoms with van der Waals surface area (Å²) in [6.07, 6.45) is 5.35. The average molecular weight is 244 g/mol. The largest absolute Gasteiger partial charge is 0.324 e. The molecule has 0 atom stereocenters.